The van der Waals surface area contributed by atoms with Crippen molar-refractivity contribution in [3.63, 3.8) is 0 Å². The predicted octanol–water partition coefficient (Wildman–Crippen LogP) is 5.38. The second-order valence-electron chi connectivity index (χ2n) is 7.20. The second kappa shape index (κ2) is 9.15. The Bertz CT molecular complexity index is 1150. The summed E-state index contributed by atoms with van der Waals surface area (Å²) in [6.45, 7) is 0.349. The molecule has 162 valence electrons. The van der Waals surface area contributed by atoms with Gasteiger partial charge in [0.25, 0.3) is 0 Å². The minimum absolute atomic E-state index is 0.0423. The summed E-state index contributed by atoms with van der Waals surface area (Å²) in [6, 6.07) is 18.7. The molecule has 0 saturated heterocycles. The molecule has 2 aromatic carbocycles. The zero-order chi connectivity index (χ0) is 22.6. The van der Waals surface area contributed by atoms with Crippen LogP contribution in [-0.2, 0) is 10.9 Å². The minimum atomic E-state index is -4.56. The Morgan fingerprint density at radius 2 is 1.66 bits per heavy atom. The fraction of sp³-hybridized carbons (Fsp3) is 0.200. The molecule has 0 spiro atoms. The number of ether oxygens (including phenoxy) is 1. The second-order valence-corrected chi connectivity index (χ2v) is 7.20. The van der Waals surface area contributed by atoms with E-state index < -0.39 is 18.0 Å². The number of hydrogen-bond donors (Lipinski definition) is 1. The van der Waals surface area contributed by atoms with Crippen molar-refractivity contribution in [2.45, 2.75) is 18.5 Å². The fourth-order valence-corrected chi connectivity index (χ4v) is 3.77. The number of halogens is 3. The first-order valence-corrected chi connectivity index (χ1v) is 10.0. The normalized spacial score (nSPS) is 12.3. The van der Waals surface area contributed by atoms with E-state index in [1.165, 1.54) is 12.1 Å². The summed E-state index contributed by atoms with van der Waals surface area (Å²) in [5.74, 6) is 5.06. The van der Waals surface area contributed by atoms with E-state index >= 15 is 0 Å². The van der Waals surface area contributed by atoms with Crippen LogP contribution < -0.4 is 5.32 Å². The number of benzene rings is 2. The van der Waals surface area contributed by atoms with Crippen molar-refractivity contribution >= 4 is 6.09 Å². The number of nitrogens with one attached hydrogen (secondary N) is 1. The third-order valence-corrected chi connectivity index (χ3v) is 5.16. The molecule has 0 bridgehead atoms. The maximum Gasteiger partial charge on any atom is 0.434 e. The molecule has 7 heteroatoms. The van der Waals surface area contributed by atoms with E-state index in [2.05, 4.69) is 34.3 Å². The highest BCUT2D eigenvalue weighted by Gasteiger charge is 2.34. The molecule has 1 aliphatic rings. The van der Waals surface area contributed by atoms with Crippen molar-refractivity contribution in [3.05, 3.63) is 89.2 Å². The first kappa shape index (κ1) is 21.4. The summed E-state index contributed by atoms with van der Waals surface area (Å²) in [5.41, 5.74) is 3.30. The molecule has 0 radical (unpaired) electrons. The van der Waals surface area contributed by atoms with E-state index in [1.54, 1.807) is 0 Å². The summed E-state index contributed by atoms with van der Waals surface area (Å²) in [6.07, 6.45) is -3.90. The maximum atomic E-state index is 12.9. The molecule has 4 rings (SSSR count). The standard InChI is InChI=1S/C25H19F3N2O2/c26-25(27,28)23-17(9-7-15-29-23)8-5-6-14-30-24(31)32-16-22-20-12-3-1-10-18(20)19-11-2-4-13-21(19)22/h1-4,7,9-13,15,22H,6,14,16H2,(H,30,31). The van der Waals surface area contributed by atoms with Gasteiger partial charge in [0.1, 0.15) is 6.61 Å². The lowest BCUT2D eigenvalue weighted by molar-refractivity contribution is -0.141. The maximum absolute atomic E-state index is 12.9. The molecule has 0 saturated carbocycles. The molecule has 0 aliphatic heterocycles. The molecule has 3 aromatic rings. The topological polar surface area (TPSA) is 51.2 Å². The Kier molecular flexibility index (Phi) is 6.13. The molecule has 1 heterocycles. The van der Waals surface area contributed by atoms with Gasteiger partial charge in [-0.3, -0.25) is 4.98 Å². The number of amides is 1. The average Bonchev–Trinajstić information content (AvgIpc) is 3.11. The SMILES string of the molecule is O=C(NCCC#Cc1cccnc1C(F)(F)F)OCC1c2ccccc2-c2ccccc21. The number of alkyl halides is 3. The number of rotatable bonds is 4. The Labute approximate surface area is 183 Å². The number of carbonyl (C=O) groups excluding carboxylic acids is 1. The number of carbonyl (C=O) groups is 1. The average molecular weight is 436 g/mol. The molecular weight excluding hydrogens is 417 g/mol. The van der Waals surface area contributed by atoms with Crippen LogP contribution in [-0.4, -0.2) is 24.2 Å². The number of pyridine rings is 1. The van der Waals surface area contributed by atoms with Gasteiger partial charge in [-0.2, -0.15) is 13.2 Å². The van der Waals surface area contributed by atoms with Crippen molar-refractivity contribution in [1.82, 2.24) is 10.3 Å². The van der Waals surface area contributed by atoms with E-state index in [0.29, 0.717) is 0 Å². The Morgan fingerprint density at radius 3 is 2.31 bits per heavy atom. The van der Waals surface area contributed by atoms with Crippen molar-refractivity contribution in [1.29, 1.82) is 0 Å². The lowest BCUT2D eigenvalue weighted by Crippen LogP contribution is -2.26. The Balaban J connectivity index is 1.30. The quantitative estimate of drug-likeness (QED) is 0.441. The number of aromatic nitrogens is 1. The zero-order valence-electron chi connectivity index (χ0n) is 16.9. The number of alkyl carbamates (subject to hydrolysis) is 1. The monoisotopic (exact) mass is 436 g/mol. The van der Waals surface area contributed by atoms with Gasteiger partial charge in [0, 0.05) is 25.1 Å². The number of fused-ring (bicyclic) bond motifs is 3. The molecule has 32 heavy (non-hydrogen) atoms. The molecule has 0 unspecified atom stereocenters. The molecule has 1 aromatic heterocycles. The van der Waals surface area contributed by atoms with E-state index in [-0.39, 0.29) is 31.1 Å². The van der Waals surface area contributed by atoms with Crippen LogP contribution in [0, 0.1) is 11.8 Å². The van der Waals surface area contributed by atoms with Crippen LogP contribution in [0.3, 0.4) is 0 Å². The Hall–Kier alpha value is -3.79. The van der Waals surface area contributed by atoms with Crippen LogP contribution in [0.2, 0.25) is 0 Å². The third kappa shape index (κ3) is 4.59. The highest BCUT2D eigenvalue weighted by molar-refractivity contribution is 5.79. The lowest BCUT2D eigenvalue weighted by atomic mass is 9.98. The van der Waals surface area contributed by atoms with Gasteiger partial charge in [0.05, 0.1) is 5.56 Å². The molecule has 0 fully saturated rings. The summed E-state index contributed by atoms with van der Waals surface area (Å²) >= 11 is 0. The van der Waals surface area contributed by atoms with E-state index in [0.717, 1.165) is 28.5 Å². The smallest absolute Gasteiger partial charge is 0.434 e. The molecule has 1 amide bonds. The van der Waals surface area contributed by atoms with Gasteiger partial charge in [-0.25, -0.2) is 4.79 Å². The number of nitrogens with zero attached hydrogens (tertiary/aromatic N) is 1. The van der Waals surface area contributed by atoms with Crippen LogP contribution in [0.4, 0.5) is 18.0 Å². The third-order valence-electron chi connectivity index (χ3n) is 5.16. The lowest BCUT2D eigenvalue weighted by Gasteiger charge is -2.14. The minimum Gasteiger partial charge on any atom is -0.449 e. The van der Waals surface area contributed by atoms with Gasteiger partial charge in [-0.05, 0) is 34.4 Å². The van der Waals surface area contributed by atoms with E-state index in [4.69, 9.17) is 4.74 Å². The van der Waals surface area contributed by atoms with Crippen LogP contribution in [0.1, 0.15) is 34.7 Å². The molecule has 1 N–H and O–H groups in total. The summed E-state index contributed by atoms with van der Waals surface area (Å²) in [4.78, 5) is 15.5. The van der Waals surface area contributed by atoms with Crippen molar-refractivity contribution < 1.29 is 22.7 Å². The van der Waals surface area contributed by atoms with Gasteiger partial charge in [0.2, 0.25) is 0 Å². The molecule has 1 aliphatic carbocycles. The molecular formula is C25H19F3N2O2. The van der Waals surface area contributed by atoms with Crippen LogP contribution in [0.5, 0.6) is 0 Å². The van der Waals surface area contributed by atoms with Crippen molar-refractivity contribution in [2.24, 2.45) is 0 Å². The van der Waals surface area contributed by atoms with E-state index in [1.807, 2.05) is 36.4 Å². The first-order valence-electron chi connectivity index (χ1n) is 10.0. The van der Waals surface area contributed by atoms with Crippen molar-refractivity contribution in [2.75, 3.05) is 13.2 Å². The highest BCUT2D eigenvalue weighted by atomic mass is 19.4. The summed E-state index contributed by atoms with van der Waals surface area (Å²) < 4.78 is 44.2. The summed E-state index contributed by atoms with van der Waals surface area (Å²) in [5, 5.41) is 2.58. The fourth-order valence-electron chi connectivity index (χ4n) is 3.77. The highest BCUT2D eigenvalue weighted by Crippen LogP contribution is 2.44. The number of hydrogen-bond acceptors (Lipinski definition) is 3. The van der Waals surface area contributed by atoms with E-state index in [9.17, 15) is 18.0 Å². The molecule has 0 atom stereocenters. The van der Waals surface area contributed by atoms with Gasteiger partial charge >= 0.3 is 12.3 Å². The Morgan fingerprint density at radius 1 is 1.00 bits per heavy atom. The van der Waals surface area contributed by atoms with Gasteiger partial charge < -0.3 is 10.1 Å². The van der Waals surface area contributed by atoms with Gasteiger partial charge in [-0.15, -0.1) is 0 Å². The first-order chi connectivity index (χ1) is 15.4. The molecule has 4 nitrogen and oxygen atoms in total. The zero-order valence-corrected chi connectivity index (χ0v) is 16.9. The van der Waals surface area contributed by atoms with Crippen LogP contribution in [0.25, 0.3) is 11.1 Å². The summed E-state index contributed by atoms with van der Waals surface area (Å²) in [7, 11) is 0. The predicted molar refractivity (Wildman–Crippen MR) is 114 cm³/mol. The van der Waals surface area contributed by atoms with Crippen LogP contribution >= 0.6 is 0 Å². The largest absolute Gasteiger partial charge is 0.449 e. The van der Waals surface area contributed by atoms with Crippen LogP contribution in [0.15, 0.2) is 66.9 Å². The van der Waals surface area contributed by atoms with Gasteiger partial charge in [0.15, 0.2) is 5.69 Å². The van der Waals surface area contributed by atoms with Crippen molar-refractivity contribution in [3.8, 4) is 23.0 Å². The van der Waals surface area contributed by atoms with Gasteiger partial charge in [-0.1, -0.05) is 60.4 Å².